The number of anilines is 1. The minimum atomic E-state index is 1.10. The van der Waals surface area contributed by atoms with Gasteiger partial charge in [0.2, 0.25) is 0 Å². The molecule has 0 radical (unpaired) electrons. The maximum absolute atomic E-state index is 4.08. The number of rotatable bonds is 2. The first kappa shape index (κ1) is 11.3. The summed E-state index contributed by atoms with van der Waals surface area (Å²) in [7, 11) is 0. The van der Waals surface area contributed by atoms with Crippen LogP contribution in [0.15, 0.2) is 42.7 Å². The first-order chi connectivity index (χ1) is 8.88. The lowest BCUT2D eigenvalue weighted by Gasteiger charge is -2.30. The van der Waals surface area contributed by atoms with Crippen molar-refractivity contribution in [1.29, 1.82) is 0 Å². The molecule has 0 N–H and O–H groups in total. The van der Waals surface area contributed by atoms with Crippen molar-refractivity contribution < 1.29 is 0 Å². The van der Waals surface area contributed by atoms with E-state index < -0.39 is 0 Å². The molecule has 0 aliphatic carbocycles. The summed E-state index contributed by atoms with van der Waals surface area (Å²) in [6.07, 6.45) is 6.17. The molecule has 2 heterocycles. The maximum atomic E-state index is 4.08. The molecule has 18 heavy (non-hydrogen) atoms. The zero-order valence-electron chi connectivity index (χ0n) is 10.8. The molecule has 1 aliphatic heterocycles. The molecule has 1 aromatic heterocycles. The predicted octanol–water partition coefficient (Wildman–Crippen LogP) is 3.52. The summed E-state index contributed by atoms with van der Waals surface area (Å²) in [6.45, 7) is 4.52. The molecule has 2 aromatic rings. The lowest BCUT2D eigenvalue weighted by molar-refractivity contribution is 0.708. The number of aromatic nitrogens is 1. The fourth-order valence-corrected chi connectivity index (χ4v) is 2.73. The molecule has 2 nitrogen and oxygen atoms in total. The van der Waals surface area contributed by atoms with Crippen molar-refractivity contribution >= 4 is 5.69 Å². The van der Waals surface area contributed by atoms with E-state index in [9.17, 15) is 0 Å². The molecule has 0 saturated heterocycles. The van der Waals surface area contributed by atoms with Crippen molar-refractivity contribution in [2.45, 2.75) is 19.8 Å². The van der Waals surface area contributed by atoms with E-state index in [0.29, 0.717) is 0 Å². The number of hydrogen-bond acceptors (Lipinski definition) is 2. The van der Waals surface area contributed by atoms with Crippen LogP contribution >= 0.6 is 0 Å². The minimum Gasteiger partial charge on any atom is -0.372 e. The monoisotopic (exact) mass is 238 g/mol. The molecule has 1 aliphatic rings. The molecular weight excluding hydrogens is 220 g/mol. The summed E-state index contributed by atoms with van der Waals surface area (Å²) >= 11 is 0. The molecule has 1 aromatic carbocycles. The van der Waals surface area contributed by atoms with Crippen molar-refractivity contribution in [2.24, 2.45) is 0 Å². The quantitative estimate of drug-likeness (QED) is 0.795. The smallest absolute Gasteiger partial charge is 0.0399 e. The number of nitrogens with zero attached hydrogens (tertiary/aromatic N) is 2. The van der Waals surface area contributed by atoms with Crippen LogP contribution in [0.3, 0.4) is 0 Å². The fourth-order valence-electron chi connectivity index (χ4n) is 2.73. The summed E-state index contributed by atoms with van der Waals surface area (Å²) in [5.74, 6) is 0. The Bertz CT molecular complexity index is 534. The Hall–Kier alpha value is -1.83. The van der Waals surface area contributed by atoms with Gasteiger partial charge in [-0.1, -0.05) is 6.07 Å². The van der Waals surface area contributed by atoms with E-state index >= 15 is 0 Å². The topological polar surface area (TPSA) is 16.1 Å². The Labute approximate surface area is 108 Å². The normalized spacial score (nSPS) is 14.4. The van der Waals surface area contributed by atoms with Crippen LogP contribution in [0.1, 0.15) is 18.9 Å². The Balaban J connectivity index is 2.01. The second-order valence-corrected chi connectivity index (χ2v) is 4.76. The van der Waals surface area contributed by atoms with Gasteiger partial charge < -0.3 is 4.90 Å². The van der Waals surface area contributed by atoms with E-state index in [-0.39, 0.29) is 0 Å². The summed E-state index contributed by atoms with van der Waals surface area (Å²) in [5.41, 5.74) is 5.45. The Morgan fingerprint density at radius 2 is 1.94 bits per heavy atom. The van der Waals surface area contributed by atoms with Crippen LogP contribution in [-0.2, 0) is 6.42 Å². The van der Waals surface area contributed by atoms with Crippen molar-refractivity contribution in [2.75, 3.05) is 18.0 Å². The number of aryl methyl sites for hydroxylation is 1. The van der Waals surface area contributed by atoms with Crippen LogP contribution in [0.2, 0.25) is 0 Å². The van der Waals surface area contributed by atoms with Gasteiger partial charge in [0.1, 0.15) is 0 Å². The van der Waals surface area contributed by atoms with E-state index in [1.807, 2.05) is 12.4 Å². The first-order valence-corrected chi connectivity index (χ1v) is 6.67. The van der Waals surface area contributed by atoms with Gasteiger partial charge in [-0.3, -0.25) is 4.98 Å². The predicted molar refractivity (Wildman–Crippen MR) is 75.9 cm³/mol. The van der Waals surface area contributed by atoms with Crippen molar-refractivity contribution in [1.82, 2.24) is 4.98 Å². The van der Waals surface area contributed by atoms with Crippen LogP contribution in [0.25, 0.3) is 11.1 Å². The van der Waals surface area contributed by atoms with Crippen molar-refractivity contribution in [3.63, 3.8) is 0 Å². The highest BCUT2D eigenvalue weighted by molar-refractivity contribution is 5.69. The average Bonchev–Trinajstić information content (AvgIpc) is 2.47. The van der Waals surface area contributed by atoms with E-state index in [4.69, 9.17) is 0 Å². The summed E-state index contributed by atoms with van der Waals surface area (Å²) in [6, 6.07) is 11.0. The fraction of sp³-hybridized carbons (Fsp3) is 0.312. The summed E-state index contributed by atoms with van der Waals surface area (Å²) in [4.78, 5) is 6.54. The Morgan fingerprint density at radius 1 is 1.11 bits per heavy atom. The van der Waals surface area contributed by atoms with Gasteiger partial charge >= 0.3 is 0 Å². The lowest BCUT2D eigenvalue weighted by Crippen LogP contribution is -2.28. The molecular formula is C16H18N2. The van der Waals surface area contributed by atoms with E-state index in [2.05, 4.69) is 47.1 Å². The highest BCUT2D eigenvalue weighted by atomic mass is 15.1. The third kappa shape index (κ3) is 1.99. The lowest BCUT2D eigenvalue weighted by atomic mass is 9.96. The molecule has 0 saturated carbocycles. The van der Waals surface area contributed by atoms with Gasteiger partial charge in [-0.05, 0) is 60.7 Å². The van der Waals surface area contributed by atoms with Crippen LogP contribution in [0.5, 0.6) is 0 Å². The van der Waals surface area contributed by atoms with Crippen LogP contribution in [-0.4, -0.2) is 18.1 Å². The molecule has 0 bridgehead atoms. The van der Waals surface area contributed by atoms with E-state index in [1.54, 1.807) is 0 Å². The third-order valence-corrected chi connectivity index (χ3v) is 3.69. The van der Waals surface area contributed by atoms with Gasteiger partial charge in [0.05, 0.1) is 0 Å². The van der Waals surface area contributed by atoms with E-state index in [1.165, 1.54) is 41.8 Å². The molecule has 0 fully saturated rings. The summed E-state index contributed by atoms with van der Waals surface area (Å²) in [5, 5.41) is 0. The molecule has 0 spiro atoms. The standard InChI is InChI=1S/C16H18N2/c1-2-18-11-3-4-15-12-14(5-6-16(15)18)13-7-9-17-10-8-13/h5-10,12H,2-4,11H2,1H3. The third-order valence-electron chi connectivity index (χ3n) is 3.69. The number of pyridine rings is 1. The number of fused-ring (bicyclic) bond motifs is 1. The largest absolute Gasteiger partial charge is 0.372 e. The zero-order valence-corrected chi connectivity index (χ0v) is 10.8. The Kier molecular flexibility index (Phi) is 3.01. The molecule has 0 amide bonds. The van der Waals surface area contributed by atoms with Crippen LogP contribution in [0, 0.1) is 0 Å². The van der Waals surface area contributed by atoms with Gasteiger partial charge in [-0.25, -0.2) is 0 Å². The Morgan fingerprint density at radius 3 is 2.72 bits per heavy atom. The van der Waals surface area contributed by atoms with Gasteiger partial charge in [-0.2, -0.15) is 0 Å². The molecule has 3 rings (SSSR count). The second kappa shape index (κ2) is 4.81. The molecule has 92 valence electrons. The molecule has 2 heteroatoms. The van der Waals surface area contributed by atoms with Gasteiger partial charge in [0.25, 0.3) is 0 Å². The van der Waals surface area contributed by atoms with Crippen LogP contribution < -0.4 is 4.90 Å². The molecule has 0 unspecified atom stereocenters. The second-order valence-electron chi connectivity index (χ2n) is 4.76. The minimum absolute atomic E-state index is 1.10. The van der Waals surface area contributed by atoms with E-state index in [0.717, 1.165) is 6.54 Å². The number of benzene rings is 1. The highest BCUT2D eigenvalue weighted by Crippen LogP contribution is 2.31. The van der Waals surface area contributed by atoms with Gasteiger partial charge in [0.15, 0.2) is 0 Å². The van der Waals surface area contributed by atoms with Gasteiger partial charge in [-0.15, -0.1) is 0 Å². The van der Waals surface area contributed by atoms with Crippen LogP contribution in [0.4, 0.5) is 5.69 Å². The maximum Gasteiger partial charge on any atom is 0.0399 e. The van der Waals surface area contributed by atoms with Crippen molar-refractivity contribution in [3.8, 4) is 11.1 Å². The first-order valence-electron chi connectivity index (χ1n) is 6.67. The number of hydrogen-bond donors (Lipinski definition) is 0. The summed E-state index contributed by atoms with van der Waals surface area (Å²) < 4.78 is 0. The molecule has 0 atom stereocenters. The average molecular weight is 238 g/mol. The van der Waals surface area contributed by atoms with Crippen molar-refractivity contribution in [3.05, 3.63) is 48.3 Å². The highest BCUT2D eigenvalue weighted by Gasteiger charge is 2.15. The van der Waals surface area contributed by atoms with Gasteiger partial charge in [0, 0.05) is 31.2 Å². The SMILES string of the molecule is CCN1CCCc2cc(-c3ccncc3)ccc21. The zero-order chi connectivity index (χ0) is 12.4.